The first-order chi connectivity index (χ1) is 24.3. The normalized spacial score (nSPS) is 11.7. The second-order valence-corrected chi connectivity index (χ2v) is 12.6. The Morgan fingerprint density at radius 1 is 0.306 bits per heavy atom. The van der Waals surface area contributed by atoms with Crippen molar-refractivity contribution in [3.63, 3.8) is 0 Å². The molecule has 3 nitrogen and oxygen atoms in total. The van der Waals surface area contributed by atoms with Crippen LogP contribution in [0.1, 0.15) is 0 Å². The largest absolute Gasteiger partial charge is 0.309 e. The Bertz CT molecular complexity index is 2820. The SMILES string of the molecule is c1ccc(-c2nc3c4ccccc4c4cc(-c5cccc(-n6c7ccccc7c7ccccc76)c5)ccc4c3nc2-c2ccccc2)cc1. The summed E-state index contributed by atoms with van der Waals surface area (Å²) in [7, 11) is 0. The molecular weight excluding hydrogens is 595 g/mol. The zero-order valence-corrected chi connectivity index (χ0v) is 26.6. The van der Waals surface area contributed by atoms with Gasteiger partial charge in [0.05, 0.1) is 33.5 Å². The fourth-order valence-electron chi connectivity index (χ4n) is 7.51. The van der Waals surface area contributed by atoms with Gasteiger partial charge in [-0.15, -0.1) is 0 Å². The van der Waals surface area contributed by atoms with Crippen LogP contribution in [-0.2, 0) is 0 Å². The van der Waals surface area contributed by atoms with E-state index in [4.69, 9.17) is 9.97 Å². The van der Waals surface area contributed by atoms with Crippen LogP contribution in [0.2, 0.25) is 0 Å². The Labute approximate surface area is 283 Å². The predicted molar refractivity (Wildman–Crippen MR) is 205 cm³/mol. The fraction of sp³-hybridized carbons (Fsp3) is 0. The first kappa shape index (κ1) is 27.5. The highest BCUT2D eigenvalue weighted by Crippen LogP contribution is 2.40. The van der Waals surface area contributed by atoms with Crippen molar-refractivity contribution in [2.24, 2.45) is 0 Å². The number of fused-ring (bicyclic) bond motifs is 9. The van der Waals surface area contributed by atoms with Crippen LogP contribution in [0, 0.1) is 0 Å². The minimum atomic E-state index is 0.888. The first-order valence-electron chi connectivity index (χ1n) is 16.7. The number of hydrogen-bond acceptors (Lipinski definition) is 2. The molecule has 8 aromatic carbocycles. The molecule has 0 radical (unpaired) electrons. The molecule has 0 aliphatic heterocycles. The molecule has 0 saturated heterocycles. The van der Waals surface area contributed by atoms with E-state index < -0.39 is 0 Å². The molecule has 3 heteroatoms. The minimum Gasteiger partial charge on any atom is -0.309 e. The van der Waals surface area contributed by atoms with Gasteiger partial charge in [0, 0.05) is 38.4 Å². The molecule has 0 saturated carbocycles. The fourth-order valence-corrected chi connectivity index (χ4v) is 7.51. The predicted octanol–water partition coefficient (Wildman–Crippen LogP) is 12.0. The van der Waals surface area contributed by atoms with Gasteiger partial charge in [-0.3, -0.25) is 0 Å². The maximum absolute atomic E-state index is 5.44. The molecule has 0 aliphatic rings. The zero-order chi connectivity index (χ0) is 32.3. The van der Waals surface area contributed by atoms with E-state index in [2.05, 4.69) is 168 Å². The molecule has 10 aromatic rings. The summed E-state index contributed by atoms with van der Waals surface area (Å²) in [5.41, 5.74) is 11.6. The molecule has 0 spiro atoms. The average Bonchev–Trinajstić information content (AvgIpc) is 3.52. The van der Waals surface area contributed by atoms with E-state index in [1.807, 2.05) is 12.1 Å². The third-order valence-corrected chi connectivity index (χ3v) is 9.76. The van der Waals surface area contributed by atoms with Gasteiger partial charge < -0.3 is 4.57 Å². The first-order valence-corrected chi connectivity index (χ1v) is 16.7. The van der Waals surface area contributed by atoms with Crippen molar-refractivity contribution in [3.8, 4) is 39.3 Å². The lowest BCUT2D eigenvalue weighted by molar-refractivity contribution is 1.18. The van der Waals surface area contributed by atoms with Gasteiger partial charge in [0.25, 0.3) is 0 Å². The van der Waals surface area contributed by atoms with Gasteiger partial charge in [0.2, 0.25) is 0 Å². The molecule has 0 fully saturated rings. The lowest BCUT2D eigenvalue weighted by Crippen LogP contribution is -1.97. The molecule has 0 amide bonds. The van der Waals surface area contributed by atoms with Crippen LogP contribution in [0.4, 0.5) is 0 Å². The number of aromatic nitrogens is 3. The quantitative estimate of drug-likeness (QED) is 0.183. The second kappa shape index (κ2) is 11.0. The maximum Gasteiger partial charge on any atom is 0.0979 e. The summed E-state index contributed by atoms with van der Waals surface area (Å²) in [5.74, 6) is 0. The lowest BCUT2D eigenvalue weighted by Gasteiger charge is -2.15. The molecule has 2 heterocycles. The molecule has 49 heavy (non-hydrogen) atoms. The third kappa shape index (κ3) is 4.37. The van der Waals surface area contributed by atoms with E-state index >= 15 is 0 Å². The third-order valence-electron chi connectivity index (χ3n) is 9.76. The van der Waals surface area contributed by atoms with Crippen molar-refractivity contribution in [1.29, 1.82) is 0 Å². The van der Waals surface area contributed by atoms with Gasteiger partial charge in [-0.1, -0.05) is 146 Å². The molecule has 10 rings (SSSR count). The van der Waals surface area contributed by atoms with Crippen molar-refractivity contribution in [2.45, 2.75) is 0 Å². The second-order valence-electron chi connectivity index (χ2n) is 12.6. The Morgan fingerprint density at radius 2 is 0.776 bits per heavy atom. The lowest BCUT2D eigenvalue weighted by atomic mass is 9.94. The summed E-state index contributed by atoms with van der Waals surface area (Å²) in [6.07, 6.45) is 0. The van der Waals surface area contributed by atoms with Crippen LogP contribution in [0.5, 0.6) is 0 Å². The highest BCUT2D eigenvalue weighted by molar-refractivity contribution is 6.24. The van der Waals surface area contributed by atoms with Gasteiger partial charge in [0.1, 0.15) is 0 Å². The van der Waals surface area contributed by atoms with E-state index in [-0.39, 0.29) is 0 Å². The van der Waals surface area contributed by atoms with Crippen molar-refractivity contribution >= 4 is 54.4 Å². The summed E-state index contributed by atoms with van der Waals surface area (Å²) in [4.78, 5) is 10.8. The van der Waals surface area contributed by atoms with Crippen LogP contribution in [-0.4, -0.2) is 14.5 Å². The molecule has 0 bridgehead atoms. The van der Waals surface area contributed by atoms with Crippen LogP contribution in [0.3, 0.4) is 0 Å². The van der Waals surface area contributed by atoms with E-state index in [9.17, 15) is 0 Å². The number of para-hydroxylation sites is 2. The smallest absolute Gasteiger partial charge is 0.0979 e. The summed E-state index contributed by atoms with van der Waals surface area (Å²) < 4.78 is 2.38. The van der Waals surface area contributed by atoms with Gasteiger partial charge in [-0.2, -0.15) is 0 Å². The van der Waals surface area contributed by atoms with E-state index in [1.54, 1.807) is 0 Å². The van der Waals surface area contributed by atoms with Crippen LogP contribution < -0.4 is 0 Å². The zero-order valence-electron chi connectivity index (χ0n) is 26.6. The van der Waals surface area contributed by atoms with Gasteiger partial charge in [-0.05, 0) is 52.2 Å². The molecular formula is C46H29N3. The molecule has 0 unspecified atom stereocenters. The van der Waals surface area contributed by atoms with Crippen molar-refractivity contribution in [2.75, 3.05) is 0 Å². The summed E-state index contributed by atoms with van der Waals surface area (Å²) >= 11 is 0. The summed E-state index contributed by atoms with van der Waals surface area (Å²) in [5, 5.41) is 7.07. The summed E-state index contributed by atoms with van der Waals surface area (Å²) in [6, 6.07) is 62.4. The van der Waals surface area contributed by atoms with Gasteiger partial charge in [-0.25, -0.2) is 9.97 Å². The highest BCUT2D eigenvalue weighted by Gasteiger charge is 2.18. The Morgan fingerprint density at radius 3 is 1.39 bits per heavy atom. The maximum atomic E-state index is 5.44. The number of benzene rings is 8. The number of hydrogen-bond donors (Lipinski definition) is 0. The topological polar surface area (TPSA) is 30.7 Å². The Balaban J connectivity index is 1.21. The van der Waals surface area contributed by atoms with E-state index in [0.717, 1.165) is 55.6 Å². The van der Waals surface area contributed by atoms with Crippen molar-refractivity contribution < 1.29 is 0 Å². The average molecular weight is 624 g/mol. The van der Waals surface area contributed by atoms with Gasteiger partial charge >= 0.3 is 0 Å². The molecule has 0 N–H and O–H groups in total. The van der Waals surface area contributed by atoms with E-state index in [0.29, 0.717) is 0 Å². The van der Waals surface area contributed by atoms with Crippen LogP contribution in [0.25, 0.3) is 93.7 Å². The summed E-state index contributed by atoms with van der Waals surface area (Å²) in [6.45, 7) is 0. The molecule has 0 aliphatic carbocycles. The van der Waals surface area contributed by atoms with E-state index in [1.165, 1.54) is 38.1 Å². The number of rotatable bonds is 4. The van der Waals surface area contributed by atoms with Crippen molar-refractivity contribution in [3.05, 3.63) is 176 Å². The minimum absolute atomic E-state index is 0.888. The Hall–Kier alpha value is -6.58. The molecule has 228 valence electrons. The van der Waals surface area contributed by atoms with Gasteiger partial charge in [0.15, 0.2) is 0 Å². The standard InChI is InChI=1S/C46H29N3/c1-3-14-30(15-4-1)43-44(31-16-5-2-6-17-31)48-46-39-27-26-33(29-40(39)35-20-7-8-23-38(35)45(46)47-43)32-18-13-19-34(28-32)49-41-24-11-9-21-36(41)37-22-10-12-25-42(37)49/h1-29H. The molecule has 2 aromatic heterocycles. The Kier molecular flexibility index (Phi) is 6.18. The monoisotopic (exact) mass is 623 g/mol. The number of nitrogens with zero attached hydrogens (tertiary/aromatic N) is 3. The van der Waals surface area contributed by atoms with Crippen LogP contribution >= 0.6 is 0 Å². The van der Waals surface area contributed by atoms with Crippen molar-refractivity contribution in [1.82, 2.24) is 14.5 Å². The van der Waals surface area contributed by atoms with Crippen LogP contribution in [0.15, 0.2) is 176 Å². The highest BCUT2D eigenvalue weighted by atomic mass is 15.0. The molecule has 0 atom stereocenters.